The molecule has 2 atom stereocenters. The van der Waals surface area contributed by atoms with Gasteiger partial charge in [0.15, 0.2) is 0 Å². The van der Waals surface area contributed by atoms with Gasteiger partial charge in [-0.3, -0.25) is 0 Å². The molecule has 2 unspecified atom stereocenters. The van der Waals surface area contributed by atoms with Crippen molar-refractivity contribution in [2.24, 2.45) is 5.92 Å². The zero-order valence-electron chi connectivity index (χ0n) is 4.54. The van der Waals surface area contributed by atoms with Crippen LogP contribution in [0.2, 0.25) is 0 Å². The summed E-state index contributed by atoms with van der Waals surface area (Å²) in [5.74, 6) is 0.437. The molecule has 1 nitrogen and oxygen atoms in total. The van der Waals surface area contributed by atoms with Crippen molar-refractivity contribution < 1.29 is 5.11 Å². The molecule has 8 heavy (non-hydrogen) atoms. The molecule has 0 aromatic carbocycles. The third-order valence-electron chi connectivity index (χ3n) is 1.87. The number of hydrogen-bond donors (Lipinski definition) is 1. The minimum atomic E-state index is -0.422. The first-order valence-corrected chi connectivity index (χ1v) is 2.90. The first-order valence-electron chi connectivity index (χ1n) is 2.90. The smallest absolute Gasteiger partial charge is 0.0901 e. The van der Waals surface area contributed by atoms with Crippen LogP contribution in [0.25, 0.3) is 0 Å². The van der Waals surface area contributed by atoms with Crippen LogP contribution in [-0.4, -0.2) is 10.7 Å². The summed E-state index contributed by atoms with van der Waals surface area (Å²) in [4.78, 5) is 0. The second-order valence-corrected chi connectivity index (χ2v) is 2.55. The third-order valence-corrected chi connectivity index (χ3v) is 1.87. The van der Waals surface area contributed by atoms with E-state index in [0.717, 1.165) is 6.42 Å². The highest BCUT2D eigenvalue weighted by Gasteiger charge is 2.49. The van der Waals surface area contributed by atoms with Gasteiger partial charge in [-0.25, -0.2) is 0 Å². The summed E-state index contributed by atoms with van der Waals surface area (Å²) in [6, 6.07) is 0. The first kappa shape index (κ1) is 4.33. The molecule has 0 aliphatic heterocycles. The molecule has 1 saturated carbocycles. The monoisotopic (exact) mass is 108 g/mol. The number of aliphatic hydroxyl groups is 1. The fraction of sp³-hybridized carbons (Fsp3) is 0.429. The summed E-state index contributed by atoms with van der Waals surface area (Å²) in [7, 11) is 0. The highest BCUT2D eigenvalue weighted by Crippen LogP contribution is 2.47. The van der Waals surface area contributed by atoms with Gasteiger partial charge in [-0.05, 0) is 6.42 Å². The molecule has 1 heteroatoms. The van der Waals surface area contributed by atoms with Crippen LogP contribution in [-0.2, 0) is 0 Å². The van der Waals surface area contributed by atoms with E-state index < -0.39 is 5.60 Å². The Kier molecular flexibility index (Phi) is 0.571. The van der Waals surface area contributed by atoms with E-state index in [1.165, 1.54) is 0 Å². The molecule has 0 heterocycles. The van der Waals surface area contributed by atoms with Gasteiger partial charge >= 0.3 is 0 Å². The van der Waals surface area contributed by atoms with Gasteiger partial charge in [-0.1, -0.05) is 24.3 Å². The maximum atomic E-state index is 9.31. The molecule has 0 spiro atoms. The van der Waals surface area contributed by atoms with Crippen LogP contribution in [0.1, 0.15) is 6.42 Å². The predicted octanol–water partition coefficient (Wildman–Crippen LogP) is 0.863. The van der Waals surface area contributed by atoms with Crippen molar-refractivity contribution in [2.45, 2.75) is 12.0 Å². The summed E-state index contributed by atoms with van der Waals surface area (Å²) in [6.07, 6.45) is 8.76. The van der Waals surface area contributed by atoms with Gasteiger partial charge in [0, 0.05) is 5.92 Å². The van der Waals surface area contributed by atoms with Crippen LogP contribution < -0.4 is 0 Å². The van der Waals surface area contributed by atoms with E-state index in [0.29, 0.717) is 5.92 Å². The molecule has 2 aliphatic carbocycles. The molecule has 0 bridgehead atoms. The van der Waals surface area contributed by atoms with Crippen LogP contribution in [0.3, 0.4) is 0 Å². The zero-order valence-corrected chi connectivity index (χ0v) is 4.54. The van der Waals surface area contributed by atoms with Crippen molar-refractivity contribution in [3.05, 3.63) is 24.3 Å². The van der Waals surface area contributed by atoms with Crippen LogP contribution in [0, 0.1) is 5.92 Å². The van der Waals surface area contributed by atoms with Crippen molar-refractivity contribution in [3.8, 4) is 0 Å². The molecule has 0 aromatic rings. The van der Waals surface area contributed by atoms with E-state index in [4.69, 9.17) is 0 Å². The Morgan fingerprint density at radius 3 is 2.88 bits per heavy atom. The van der Waals surface area contributed by atoms with Crippen molar-refractivity contribution in [3.63, 3.8) is 0 Å². The van der Waals surface area contributed by atoms with Gasteiger partial charge in [-0.15, -0.1) is 0 Å². The highest BCUT2D eigenvalue weighted by molar-refractivity contribution is 5.30. The largest absolute Gasteiger partial charge is 0.385 e. The quantitative estimate of drug-likeness (QED) is 0.488. The van der Waals surface area contributed by atoms with Crippen molar-refractivity contribution in [1.29, 1.82) is 0 Å². The molecule has 1 fully saturated rings. The molecule has 1 N–H and O–H groups in total. The van der Waals surface area contributed by atoms with E-state index >= 15 is 0 Å². The Hall–Kier alpha value is -0.560. The summed E-state index contributed by atoms with van der Waals surface area (Å²) >= 11 is 0. The minimum absolute atomic E-state index is 0.422. The second-order valence-electron chi connectivity index (χ2n) is 2.55. The zero-order chi connectivity index (χ0) is 5.61. The first-order chi connectivity index (χ1) is 3.81. The third kappa shape index (κ3) is 0.397. The topological polar surface area (TPSA) is 20.2 Å². The number of allylic oxidation sites excluding steroid dienone is 2. The summed E-state index contributed by atoms with van der Waals surface area (Å²) in [5, 5.41) is 9.31. The van der Waals surface area contributed by atoms with Gasteiger partial charge in [-0.2, -0.15) is 0 Å². The Bertz CT molecular complexity index is 169. The van der Waals surface area contributed by atoms with E-state index in [2.05, 4.69) is 6.08 Å². The lowest BCUT2D eigenvalue weighted by Gasteiger charge is -2.01. The van der Waals surface area contributed by atoms with Crippen molar-refractivity contribution >= 4 is 0 Å². The second kappa shape index (κ2) is 1.06. The fourth-order valence-electron chi connectivity index (χ4n) is 1.14. The molecule has 2 rings (SSSR count). The average molecular weight is 108 g/mol. The van der Waals surface area contributed by atoms with Gasteiger partial charge in [0.2, 0.25) is 0 Å². The lowest BCUT2D eigenvalue weighted by atomic mass is 10.1. The normalized spacial score (nSPS) is 48.9. The fourth-order valence-corrected chi connectivity index (χ4v) is 1.14. The summed E-state index contributed by atoms with van der Waals surface area (Å²) in [5.41, 5.74) is -0.422. The lowest BCUT2D eigenvalue weighted by Crippen LogP contribution is -2.06. The number of rotatable bonds is 0. The molecule has 0 amide bonds. The Morgan fingerprint density at radius 2 is 2.38 bits per heavy atom. The molecular formula is C7H8O. The van der Waals surface area contributed by atoms with E-state index in [-0.39, 0.29) is 0 Å². The SMILES string of the molecule is OC12C=CC=CC1C2. The van der Waals surface area contributed by atoms with Gasteiger partial charge in [0.05, 0.1) is 5.60 Å². The van der Waals surface area contributed by atoms with Gasteiger partial charge in [0.1, 0.15) is 0 Å². The lowest BCUT2D eigenvalue weighted by molar-refractivity contribution is 0.189. The number of hydrogen-bond acceptors (Lipinski definition) is 1. The van der Waals surface area contributed by atoms with Crippen LogP contribution >= 0.6 is 0 Å². The standard InChI is InChI=1S/C7H8O/c8-7-4-2-1-3-6(7)5-7/h1-4,6,8H,5H2. The van der Waals surface area contributed by atoms with Crippen LogP contribution in [0.4, 0.5) is 0 Å². The van der Waals surface area contributed by atoms with Crippen LogP contribution in [0.15, 0.2) is 24.3 Å². The van der Waals surface area contributed by atoms with Gasteiger partial charge < -0.3 is 5.11 Å². The molecule has 0 saturated heterocycles. The molecule has 42 valence electrons. The van der Waals surface area contributed by atoms with E-state index in [9.17, 15) is 5.11 Å². The molecule has 0 aromatic heterocycles. The summed E-state index contributed by atoms with van der Waals surface area (Å²) in [6.45, 7) is 0. The molecular weight excluding hydrogens is 100 g/mol. The van der Waals surface area contributed by atoms with Crippen molar-refractivity contribution in [1.82, 2.24) is 0 Å². The minimum Gasteiger partial charge on any atom is -0.385 e. The van der Waals surface area contributed by atoms with Gasteiger partial charge in [0.25, 0.3) is 0 Å². The highest BCUT2D eigenvalue weighted by atomic mass is 16.3. The molecule has 2 aliphatic rings. The predicted molar refractivity (Wildman–Crippen MR) is 31.3 cm³/mol. The average Bonchev–Trinajstić information content (AvgIpc) is 2.39. The van der Waals surface area contributed by atoms with E-state index in [1.807, 2.05) is 18.2 Å². The number of fused-ring (bicyclic) bond motifs is 1. The Morgan fingerprint density at radius 1 is 1.50 bits per heavy atom. The maximum absolute atomic E-state index is 9.31. The van der Waals surface area contributed by atoms with E-state index in [1.54, 1.807) is 0 Å². The summed E-state index contributed by atoms with van der Waals surface area (Å²) < 4.78 is 0. The molecule has 0 radical (unpaired) electrons. The van der Waals surface area contributed by atoms with Crippen LogP contribution in [0.5, 0.6) is 0 Å². The Balaban J connectivity index is 2.33. The maximum Gasteiger partial charge on any atom is 0.0901 e. The van der Waals surface area contributed by atoms with Crippen molar-refractivity contribution in [2.75, 3.05) is 0 Å². The Labute approximate surface area is 48.3 Å².